The summed E-state index contributed by atoms with van der Waals surface area (Å²) in [5, 5.41) is 2.77. The highest BCUT2D eigenvalue weighted by molar-refractivity contribution is 7.89. The van der Waals surface area contributed by atoms with Crippen LogP contribution >= 0.6 is 0 Å². The van der Waals surface area contributed by atoms with Gasteiger partial charge in [0.05, 0.1) is 15.9 Å². The number of aryl methyl sites for hydroxylation is 1. The van der Waals surface area contributed by atoms with Crippen molar-refractivity contribution in [2.75, 3.05) is 13.1 Å². The summed E-state index contributed by atoms with van der Waals surface area (Å²) in [5.41, 5.74) is 1.91. The van der Waals surface area contributed by atoms with E-state index in [9.17, 15) is 17.6 Å². The third kappa shape index (κ3) is 4.73. The lowest BCUT2D eigenvalue weighted by Gasteiger charge is -2.09. The second-order valence-electron chi connectivity index (χ2n) is 6.25. The lowest BCUT2D eigenvalue weighted by molar-refractivity contribution is -0.120. The minimum absolute atomic E-state index is 0.00405. The maximum absolute atomic E-state index is 12.9. The fraction of sp³-hybridized carbons (Fsp3) is 0.263. The van der Waals surface area contributed by atoms with Crippen LogP contribution in [0.1, 0.15) is 12.2 Å². The van der Waals surface area contributed by atoms with Gasteiger partial charge in [-0.1, -0.05) is 12.1 Å². The van der Waals surface area contributed by atoms with E-state index in [1.807, 2.05) is 35.8 Å². The quantitative estimate of drug-likeness (QED) is 0.600. The second kappa shape index (κ2) is 8.49. The fourth-order valence-corrected chi connectivity index (χ4v) is 3.90. The van der Waals surface area contributed by atoms with Crippen molar-refractivity contribution in [3.05, 3.63) is 60.2 Å². The Hall–Kier alpha value is -2.78. The molecule has 1 amide bonds. The number of aromatic nitrogens is 2. The summed E-state index contributed by atoms with van der Waals surface area (Å²) in [4.78, 5) is 16.4. The van der Waals surface area contributed by atoms with Crippen LogP contribution in [0, 0.1) is 12.7 Å². The van der Waals surface area contributed by atoms with Crippen LogP contribution in [0.25, 0.3) is 11.0 Å². The molecule has 0 spiro atoms. The Kier molecular flexibility index (Phi) is 6.05. The number of carbonyl (C=O) groups is 1. The summed E-state index contributed by atoms with van der Waals surface area (Å²) in [7, 11) is -3.77. The monoisotopic (exact) mass is 404 g/mol. The smallest absolute Gasteiger partial charge is 0.240 e. The van der Waals surface area contributed by atoms with Gasteiger partial charge in [0.25, 0.3) is 0 Å². The molecule has 0 radical (unpaired) electrons. The van der Waals surface area contributed by atoms with Crippen molar-refractivity contribution < 1.29 is 17.6 Å². The Balaban J connectivity index is 1.46. The number of fused-ring (bicyclic) bond motifs is 1. The van der Waals surface area contributed by atoms with Crippen LogP contribution in [0.15, 0.2) is 53.4 Å². The molecule has 1 aromatic heterocycles. The van der Waals surface area contributed by atoms with Crippen molar-refractivity contribution in [2.24, 2.45) is 0 Å². The Labute approximate surface area is 162 Å². The van der Waals surface area contributed by atoms with E-state index >= 15 is 0 Å². The molecule has 1 heterocycles. The first kappa shape index (κ1) is 20.0. The van der Waals surface area contributed by atoms with Gasteiger partial charge in [-0.05, 0) is 43.3 Å². The van der Waals surface area contributed by atoms with Crippen LogP contribution < -0.4 is 10.0 Å². The van der Waals surface area contributed by atoms with Gasteiger partial charge in [-0.15, -0.1) is 0 Å². The molecular weight excluding hydrogens is 383 g/mol. The van der Waals surface area contributed by atoms with Crippen LogP contribution in [0.4, 0.5) is 4.39 Å². The van der Waals surface area contributed by atoms with E-state index in [1.54, 1.807) is 0 Å². The number of carbonyl (C=O) groups excluding carboxylic acids is 1. The van der Waals surface area contributed by atoms with Gasteiger partial charge in [-0.2, -0.15) is 0 Å². The summed E-state index contributed by atoms with van der Waals surface area (Å²) in [5.74, 6) is 0.0885. The van der Waals surface area contributed by atoms with Crippen molar-refractivity contribution in [3.63, 3.8) is 0 Å². The molecule has 2 N–H and O–H groups in total. The molecule has 0 unspecified atom stereocenters. The van der Waals surface area contributed by atoms with Crippen LogP contribution in [0.5, 0.6) is 0 Å². The number of nitrogens with one attached hydrogen (secondary N) is 2. The summed E-state index contributed by atoms with van der Waals surface area (Å²) < 4.78 is 41.4. The van der Waals surface area contributed by atoms with E-state index in [-0.39, 0.29) is 23.8 Å². The maximum atomic E-state index is 12.9. The van der Waals surface area contributed by atoms with Gasteiger partial charge in [-0.3, -0.25) is 4.79 Å². The van der Waals surface area contributed by atoms with Crippen LogP contribution in [0.2, 0.25) is 0 Å². The van der Waals surface area contributed by atoms with Crippen molar-refractivity contribution in [3.8, 4) is 0 Å². The maximum Gasteiger partial charge on any atom is 0.240 e. The highest BCUT2D eigenvalue weighted by atomic mass is 32.2. The number of hydrogen-bond acceptors (Lipinski definition) is 4. The molecule has 0 atom stereocenters. The molecule has 0 aliphatic carbocycles. The number of hydrogen-bond donors (Lipinski definition) is 2. The third-order valence-corrected chi connectivity index (χ3v) is 5.75. The predicted molar refractivity (Wildman–Crippen MR) is 104 cm³/mol. The van der Waals surface area contributed by atoms with E-state index in [0.717, 1.165) is 29.0 Å². The zero-order valence-electron chi connectivity index (χ0n) is 15.4. The molecule has 3 aromatic rings. The summed E-state index contributed by atoms with van der Waals surface area (Å²) in [6.07, 6.45) is 0.00405. The Morgan fingerprint density at radius 1 is 1.11 bits per heavy atom. The summed E-state index contributed by atoms with van der Waals surface area (Å²) in [6, 6.07) is 12.3. The van der Waals surface area contributed by atoms with E-state index in [4.69, 9.17) is 0 Å². The average Bonchev–Trinajstić information content (AvgIpc) is 2.97. The minimum Gasteiger partial charge on any atom is -0.354 e. The van der Waals surface area contributed by atoms with E-state index in [0.29, 0.717) is 13.1 Å². The topological polar surface area (TPSA) is 93.1 Å². The third-order valence-electron chi connectivity index (χ3n) is 4.27. The van der Waals surface area contributed by atoms with Crippen molar-refractivity contribution >= 4 is 27.0 Å². The number of para-hydroxylation sites is 2. The Morgan fingerprint density at radius 2 is 1.82 bits per heavy atom. The Bertz CT molecular complexity index is 1080. The number of halogens is 1. The van der Waals surface area contributed by atoms with Gasteiger partial charge in [0.2, 0.25) is 15.9 Å². The molecule has 3 rings (SSSR count). The SMILES string of the molecule is Cc1nc2ccccc2n1CCNC(=O)CCNS(=O)(=O)c1ccc(F)cc1. The molecular formula is C19H21FN4O3S. The lowest BCUT2D eigenvalue weighted by atomic mass is 10.3. The highest BCUT2D eigenvalue weighted by Crippen LogP contribution is 2.14. The van der Waals surface area contributed by atoms with Crippen LogP contribution in [-0.2, 0) is 21.4 Å². The first-order valence-electron chi connectivity index (χ1n) is 8.80. The van der Waals surface area contributed by atoms with Crippen molar-refractivity contribution in [1.82, 2.24) is 19.6 Å². The first-order chi connectivity index (χ1) is 13.4. The first-order valence-corrected chi connectivity index (χ1v) is 10.3. The molecule has 0 aliphatic rings. The molecule has 148 valence electrons. The number of rotatable bonds is 8. The van der Waals surface area contributed by atoms with Gasteiger partial charge in [0, 0.05) is 26.1 Å². The van der Waals surface area contributed by atoms with Gasteiger partial charge in [0.15, 0.2) is 0 Å². The normalized spacial score (nSPS) is 11.6. The molecule has 0 saturated heterocycles. The standard InChI is InChI=1S/C19H21FN4O3S/c1-14-23-17-4-2-3-5-18(17)24(14)13-12-21-19(25)10-11-22-28(26,27)16-8-6-15(20)7-9-16/h2-9,22H,10-13H2,1H3,(H,21,25). The number of amides is 1. The fourth-order valence-electron chi connectivity index (χ4n) is 2.87. The second-order valence-corrected chi connectivity index (χ2v) is 8.02. The molecule has 0 fully saturated rings. The van der Waals surface area contributed by atoms with Crippen LogP contribution in [-0.4, -0.2) is 37.0 Å². The lowest BCUT2D eigenvalue weighted by Crippen LogP contribution is -2.32. The van der Waals surface area contributed by atoms with Gasteiger partial charge >= 0.3 is 0 Å². The largest absolute Gasteiger partial charge is 0.354 e. The van der Waals surface area contributed by atoms with Crippen molar-refractivity contribution in [1.29, 1.82) is 0 Å². The van der Waals surface area contributed by atoms with E-state index < -0.39 is 15.8 Å². The number of nitrogens with zero attached hydrogens (tertiary/aromatic N) is 2. The zero-order chi connectivity index (χ0) is 20.1. The molecule has 28 heavy (non-hydrogen) atoms. The number of benzene rings is 2. The Morgan fingerprint density at radius 3 is 2.57 bits per heavy atom. The highest BCUT2D eigenvalue weighted by Gasteiger charge is 2.14. The average molecular weight is 404 g/mol. The van der Waals surface area contributed by atoms with E-state index in [1.165, 1.54) is 12.1 Å². The minimum atomic E-state index is -3.77. The summed E-state index contributed by atoms with van der Waals surface area (Å²) in [6.45, 7) is 2.84. The predicted octanol–water partition coefficient (Wildman–Crippen LogP) is 1.97. The molecule has 7 nitrogen and oxygen atoms in total. The van der Waals surface area contributed by atoms with Gasteiger partial charge < -0.3 is 9.88 Å². The van der Waals surface area contributed by atoms with Crippen molar-refractivity contribution in [2.45, 2.75) is 24.8 Å². The molecule has 0 bridgehead atoms. The molecule has 9 heteroatoms. The molecule has 0 aliphatic heterocycles. The van der Waals surface area contributed by atoms with E-state index in [2.05, 4.69) is 15.0 Å². The van der Waals surface area contributed by atoms with Gasteiger partial charge in [-0.25, -0.2) is 22.5 Å². The zero-order valence-corrected chi connectivity index (χ0v) is 16.2. The van der Waals surface area contributed by atoms with Crippen LogP contribution in [0.3, 0.4) is 0 Å². The molecule has 2 aromatic carbocycles. The molecule has 0 saturated carbocycles. The van der Waals surface area contributed by atoms with Gasteiger partial charge in [0.1, 0.15) is 11.6 Å². The summed E-state index contributed by atoms with van der Waals surface area (Å²) >= 11 is 0. The number of imidazole rings is 1. The number of sulfonamides is 1.